The van der Waals surface area contributed by atoms with Crippen LogP contribution in [0.2, 0.25) is 0 Å². The molecule has 124 valence electrons. The Hall–Kier alpha value is -2.40. The highest BCUT2D eigenvalue weighted by atomic mass is 32.1. The lowest BCUT2D eigenvalue weighted by Crippen LogP contribution is -2.31. The molecule has 3 rings (SSSR count). The topological polar surface area (TPSA) is 46.9 Å². The number of carbonyl (C=O) groups is 1. The molecule has 24 heavy (non-hydrogen) atoms. The van der Waals surface area contributed by atoms with Gasteiger partial charge in [-0.05, 0) is 29.5 Å². The monoisotopic (exact) mass is 339 g/mol. The van der Waals surface area contributed by atoms with Gasteiger partial charge in [0, 0.05) is 23.7 Å². The van der Waals surface area contributed by atoms with Crippen molar-refractivity contribution < 1.29 is 4.79 Å². The Balaban J connectivity index is 1.53. The zero-order valence-electron chi connectivity index (χ0n) is 13.7. The van der Waals surface area contributed by atoms with Gasteiger partial charge in [0.05, 0.1) is 18.2 Å². The van der Waals surface area contributed by atoms with Crippen LogP contribution < -0.4 is 5.32 Å². The van der Waals surface area contributed by atoms with Crippen LogP contribution in [0.1, 0.15) is 24.8 Å². The number of aromatic nitrogens is 2. The summed E-state index contributed by atoms with van der Waals surface area (Å²) in [5, 5.41) is 11.7. The third-order valence-electron chi connectivity index (χ3n) is 4.02. The van der Waals surface area contributed by atoms with Crippen molar-refractivity contribution in [3.8, 4) is 11.3 Å². The van der Waals surface area contributed by atoms with Crippen molar-refractivity contribution in [2.75, 3.05) is 6.54 Å². The molecule has 0 spiro atoms. The van der Waals surface area contributed by atoms with E-state index >= 15 is 0 Å². The second-order valence-electron chi connectivity index (χ2n) is 5.64. The molecule has 1 amide bonds. The van der Waals surface area contributed by atoms with Gasteiger partial charge in [-0.15, -0.1) is 0 Å². The van der Waals surface area contributed by atoms with Crippen LogP contribution in [-0.2, 0) is 11.3 Å². The van der Waals surface area contributed by atoms with Gasteiger partial charge in [0.15, 0.2) is 0 Å². The zero-order chi connectivity index (χ0) is 16.8. The molecule has 1 aromatic carbocycles. The molecule has 1 atom stereocenters. The van der Waals surface area contributed by atoms with Gasteiger partial charge in [0.2, 0.25) is 5.91 Å². The van der Waals surface area contributed by atoms with Crippen molar-refractivity contribution in [1.29, 1.82) is 0 Å². The Morgan fingerprint density at radius 3 is 2.79 bits per heavy atom. The zero-order valence-corrected chi connectivity index (χ0v) is 14.5. The number of carbonyl (C=O) groups excluding carboxylic acids is 1. The summed E-state index contributed by atoms with van der Waals surface area (Å²) in [6, 6.07) is 14.0. The van der Waals surface area contributed by atoms with Gasteiger partial charge in [-0.1, -0.05) is 37.3 Å². The van der Waals surface area contributed by atoms with Crippen molar-refractivity contribution in [3.63, 3.8) is 0 Å². The molecule has 0 saturated heterocycles. The van der Waals surface area contributed by atoms with Crippen molar-refractivity contribution in [2.45, 2.75) is 25.8 Å². The maximum absolute atomic E-state index is 12.4. The molecule has 1 unspecified atom stereocenters. The van der Waals surface area contributed by atoms with E-state index < -0.39 is 0 Å². The van der Waals surface area contributed by atoms with Crippen LogP contribution in [0.3, 0.4) is 0 Å². The number of benzene rings is 1. The van der Waals surface area contributed by atoms with Crippen molar-refractivity contribution in [3.05, 3.63) is 65.0 Å². The maximum Gasteiger partial charge on any atom is 0.227 e. The highest BCUT2D eigenvalue weighted by Gasteiger charge is 2.17. The predicted molar refractivity (Wildman–Crippen MR) is 98.0 cm³/mol. The second-order valence-corrected chi connectivity index (χ2v) is 6.42. The van der Waals surface area contributed by atoms with Crippen molar-refractivity contribution in [2.24, 2.45) is 0 Å². The molecular formula is C19H21N3OS. The Bertz CT molecular complexity index is 765. The summed E-state index contributed by atoms with van der Waals surface area (Å²) in [5.74, 6) is -0.0147. The minimum atomic E-state index is -0.0924. The molecule has 0 bridgehead atoms. The summed E-state index contributed by atoms with van der Waals surface area (Å²) in [6.07, 6.45) is 2.74. The summed E-state index contributed by atoms with van der Waals surface area (Å²) in [5.41, 5.74) is 3.17. The van der Waals surface area contributed by atoms with E-state index in [1.165, 1.54) is 0 Å². The summed E-state index contributed by atoms with van der Waals surface area (Å²) in [4.78, 5) is 12.4. The molecule has 5 heteroatoms. The minimum Gasteiger partial charge on any atom is -0.354 e. The van der Waals surface area contributed by atoms with Crippen LogP contribution >= 0.6 is 11.3 Å². The van der Waals surface area contributed by atoms with Gasteiger partial charge in [-0.2, -0.15) is 16.4 Å². The van der Waals surface area contributed by atoms with Crippen molar-refractivity contribution in [1.82, 2.24) is 15.1 Å². The predicted octanol–water partition coefficient (Wildman–Crippen LogP) is 3.92. The number of amides is 1. The van der Waals surface area contributed by atoms with E-state index in [4.69, 9.17) is 0 Å². The fourth-order valence-electron chi connectivity index (χ4n) is 2.73. The molecule has 1 N–H and O–H groups in total. The lowest BCUT2D eigenvalue weighted by Gasteiger charge is -2.15. The lowest BCUT2D eigenvalue weighted by molar-refractivity contribution is -0.122. The summed E-state index contributed by atoms with van der Waals surface area (Å²) >= 11 is 1.66. The maximum atomic E-state index is 12.4. The van der Waals surface area contributed by atoms with Crippen LogP contribution in [0, 0.1) is 0 Å². The number of hydrogen-bond donors (Lipinski definition) is 1. The quantitative estimate of drug-likeness (QED) is 0.709. The van der Waals surface area contributed by atoms with Crippen LogP contribution in [0.25, 0.3) is 11.3 Å². The molecule has 0 radical (unpaired) electrons. The third kappa shape index (κ3) is 3.92. The highest BCUT2D eigenvalue weighted by molar-refractivity contribution is 7.08. The first-order chi connectivity index (χ1) is 11.8. The van der Waals surface area contributed by atoms with E-state index in [2.05, 4.69) is 21.9 Å². The highest BCUT2D eigenvalue weighted by Crippen LogP contribution is 2.20. The van der Waals surface area contributed by atoms with Gasteiger partial charge in [-0.25, -0.2) is 0 Å². The third-order valence-corrected chi connectivity index (χ3v) is 4.71. The van der Waals surface area contributed by atoms with Crippen LogP contribution in [0.4, 0.5) is 0 Å². The van der Waals surface area contributed by atoms with Gasteiger partial charge in [-0.3, -0.25) is 9.48 Å². The fourth-order valence-corrected chi connectivity index (χ4v) is 3.37. The number of hydrogen-bond acceptors (Lipinski definition) is 3. The average Bonchev–Trinajstić information content (AvgIpc) is 3.28. The van der Waals surface area contributed by atoms with Crippen LogP contribution in [-0.4, -0.2) is 22.2 Å². The molecule has 3 aromatic rings. The molecule has 2 heterocycles. The number of nitrogens with one attached hydrogen (secondary N) is 1. The standard InChI is InChI=1S/C19H21N3OS/c1-2-17(15-6-4-3-5-7-15)19(23)20-10-12-22-11-8-18(21-22)16-9-13-24-14-16/h3-9,11,13-14,17H,2,10,12H2,1H3,(H,20,23). The first-order valence-corrected chi connectivity index (χ1v) is 9.11. The molecule has 0 aliphatic rings. The van der Waals surface area contributed by atoms with Gasteiger partial charge < -0.3 is 5.32 Å². The Morgan fingerprint density at radius 2 is 2.08 bits per heavy atom. The average molecular weight is 339 g/mol. The second kappa shape index (κ2) is 7.93. The van der Waals surface area contributed by atoms with Crippen LogP contribution in [0.5, 0.6) is 0 Å². The minimum absolute atomic E-state index is 0.0777. The smallest absolute Gasteiger partial charge is 0.227 e. The van der Waals surface area contributed by atoms with E-state index in [9.17, 15) is 4.79 Å². The Labute approximate surface area is 146 Å². The Kier molecular flexibility index (Phi) is 5.43. The van der Waals surface area contributed by atoms with Gasteiger partial charge in [0.1, 0.15) is 0 Å². The van der Waals surface area contributed by atoms with Gasteiger partial charge in [0.25, 0.3) is 0 Å². The number of rotatable bonds is 7. The lowest BCUT2D eigenvalue weighted by atomic mass is 9.96. The van der Waals surface area contributed by atoms with Crippen LogP contribution in [0.15, 0.2) is 59.4 Å². The fraction of sp³-hybridized carbons (Fsp3) is 0.263. The largest absolute Gasteiger partial charge is 0.354 e. The first kappa shape index (κ1) is 16.5. The molecule has 2 aromatic heterocycles. The van der Waals surface area contributed by atoms with E-state index in [1.54, 1.807) is 11.3 Å². The van der Waals surface area contributed by atoms with Crippen molar-refractivity contribution >= 4 is 17.2 Å². The number of thiophene rings is 1. The molecule has 4 nitrogen and oxygen atoms in total. The summed E-state index contributed by atoms with van der Waals surface area (Å²) in [6.45, 7) is 3.28. The van der Waals surface area contributed by atoms with E-state index in [0.717, 1.165) is 23.2 Å². The van der Waals surface area contributed by atoms with E-state index in [1.807, 2.05) is 59.6 Å². The van der Waals surface area contributed by atoms with Gasteiger partial charge >= 0.3 is 0 Å². The SMILES string of the molecule is CCC(C(=O)NCCn1ccc(-c2ccsc2)n1)c1ccccc1. The van der Waals surface area contributed by atoms with E-state index in [-0.39, 0.29) is 11.8 Å². The molecule has 0 aliphatic carbocycles. The number of nitrogens with zero attached hydrogens (tertiary/aromatic N) is 2. The normalized spacial score (nSPS) is 12.0. The summed E-state index contributed by atoms with van der Waals surface area (Å²) in [7, 11) is 0. The summed E-state index contributed by atoms with van der Waals surface area (Å²) < 4.78 is 1.87. The molecule has 0 saturated carbocycles. The first-order valence-electron chi connectivity index (χ1n) is 8.16. The molecular weight excluding hydrogens is 318 g/mol. The Morgan fingerprint density at radius 1 is 1.25 bits per heavy atom. The molecule has 0 aliphatic heterocycles. The van der Waals surface area contributed by atoms with E-state index in [0.29, 0.717) is 13.1 Å². The molecule has 0 fully saturated rings.